The van der Waals surface area contributed by atoms with Gasteiger partial charge >= 0.3 is 0 Å². The number of aromatic nitrogens is 1. The predicted octanol–water partition coefficient (Wildman–Crippen LogP) is 2.84. The zero-order valence-electron chi connectivity index (χ0n) is 14.6. The number of benzene rings is 1. The second-order valence-corrected chi connectivity index (χ2v) is 4.91. The lowest BCUT2D eigenvalue weighted by Crippen LogP contribution is -2.39. The van der Waals surface area contributed by atoms with Gasteiger partial charge in [0.05, 0.1) is 13.2 Å². The quantitative estimate of drug-likeness (QED) is 0.277. The SMILES string of the molecule is CCOc1ncccc1CNC(=NC)NCCOc1ccccc1.I. The molecule has 1 heterocycles. The molecule has 0 aliphatic rings. The van der Waals surface area contributed by atoms with Gasteiger partial charge in [0.1, 0.15) is 12.4 Å². The van der Waals surface area contributed by atoms with Gasteiger partial charge in [0.25, 0.3) is 0 Å². The standard InChI is InChI=1S/C18H24N4O2.HI/c1-3-23-17-15(8-7-11-20-17)14-22-18(19-2)21-12-13-24-16-9-5-4-6-10-16;/h4-11H,3,12-14H2,1-2H3,(H2,19,21,22);1H. The van der Waals surface area contributed by atoms with Crippen molar-refractivity contribution >= 4 is 29.9 Å². The van der Waals surface area contributed by atoms with Gasteiger partial charge in [0, 0.05) is 25.4 Å². The van der Waals surface area contributed by atoms with Gasteiger partial charge in [0.2, 0.25) is 5.88 Å². The van der Waals surface area contributed by atoms with Crippen LogP contribution in [-0.4, -0.2) is 37.7 Å². The molecule has 136 valence electrons. The number of para-hydroxylation sites is 1. The molecular formula is C18H25IN4O2. The Morgan fingerprint density at radius 3 is 2.60 bits per heavy atom. The van der Waals surface area contributed by atoms with Crippen LogP contribution in [0.2, 0.25) is 0 Å². The minimum Gasteiger partial charge on any atom is -0.492 e. The van der Waals surface area contributed by atoms with Gasteiger partial charge in [-0.05, 0) is 25.1 Å². The highest BCUT2D eigenvalue weighted by molar-refractivity contribution is 14.0. The fourth-order valence-electron chi connectivity index (χ4n) is 2.08. The molecule has 7 heteroatoms. The van der Waals surface area contributed by atoms with E-state index in [-0.39, 0.29) is 24.0 Å². The van der Waals surface area contributed by atoms with Crippen LogP contribution < -0.4 is 20.1 Å². The maximum absolute atomic E-state index is 5.64. The van der Waals surface area contributed by atoms with Crippen LogP contribution in [0.1, 0.15) is 12.5 Å². The molecule has 0 spiro atoms. The normalized spacial score (nSPS) is 10.6. The van der Waals surface area contributed by atoms with Gasteiger partial charge in [-0.1, -0.05) is 24.3 Å². The van der Waals surface area contributed by atoms with Crippen LogP contribution in [-0.2, 0) is 6.54 Å². The monoisotopic (exact) mass is 456 g/mol. The summed E-state index contributed by atoms with van der Waals surface area (Å²) in [5.74, 6) is 2.22. The molecule has 6 nitrogen and oxygen atoms in total. The van der Waals surface area contributed by atoms with Crippen LogP contribution >= 0.6 is 24.0 Å². The lowest BCUT2D eigenvalue weighted by atomic mass is 10.2. The molecule has 0 amide bonds. The number of ether oxygens (including phenoxy) is 2. The Morgan fingerprint density at radius 2 is 1.88 bits per heavy atom. The van der Waals surface area contributed by atoms with E-state index in [2.05, 4.69) is 20.6 Å². The first kappa shape index (κ1) is 21.0. The number of guanidine groups is 1. The topological polar surface area (TPSA) is 67.8 Å². The van der Waals surface area contributed by atoms with E-state index in [0.29, 0.717) is 38.1 Å². The molecule has 2 rings (SSSR count). The Bertz CT molecular complexity index is 638. The summed E-state index contributed by atoms with van der Waals surface area (Å²) in [6.07, 6.45) is 1.72. The minimum atomic E-state index is 0. The summed E-state index contributed by atoms with van der Waals surface area (Å²) in [6, 6.07) is 13.6. The van der Waals surface area contributed by atoms with Crippen molar-refractivity contribution in [1.29, 1.82) is 0 Å². The predicted molar refractivity (Wildman–Crippen MR) is 111 cm³/mol. The number of rotatable bonds is 8. The summed E-state index contributed by atoms with van der Waals surface area (Å²) in [5.41, 5.74) is 0.989. The highest BCUT2D eigenvalue weighted by atomic mass is 127. The largest absolute Gasteiger partial charge is 0.492 e. The van der Waals surface area contributed by atoms with E-state index in [1.165, 1.54) is 0 Å². The molecule has 1 aromatic heterocycles. The van der Waals surface area contributed by atoms with E-state index < -0.39 is 0 Å². The molecule has 0 unspecified atom stereocenters. The second kappa shape index (κ2) is 12.3. The van der Waals surface area contributed by atoms with Gasteiger partial charge in [-0.25, -0.2) is 4.98 Å². The maximum Gasteiger partial charge on any atom is 0.218 e. The third-order valence-corrected chi connectivity index (χ3v) is 3.21. The summed E-state index contributed by atoms with van der Waals surface area (Å²) in [4.78, 5) is 8.44. The number of aliphatic imine (C=N–C) groups is 1. The number of hydrogen-bond donors (Lipinski definition) is 2. The van der Waals surface area contributed by atoms with Crippen molar-refractivity contribution in [3.8, 4) is 11.6 Å². The van der Waals surface area contributed by atoms with Crippen LogP contribution in [0.4, 0.5) is 0 Å². The van der Waals surface area contributed by atoms with E-state index in [1.807, 2.05) is 49.4 Å². The molecule has 0 radical (unpaired) electrons. The number of nitrogens with zero attached hydrogens (tertiary/aromatic N) is 2. The van der Waals surface area contributed by atoms with Gasteiger partial charge in [0.15, 0.2) is 5.96 Å². The average Bonchev–Trinajstić information content (AvgIpc) is 2.63. The fourth-order valence-corrected chi connectivity index (χ4v) is 2.08. The molecule has 0 fully saturated rings. The van der Waals surface area contributed by atoms with E-state index in [1.54, 1.807) is 13.2 Å². The average molecular weight is 456 g/mol. The number of nitrogens with one attached hydrogen (secondary N) is 2. The van der Waals surface area contributed by atoms with Crippen molar-refractivity contribution in [2.24, 2.45) is 4.99 Å². The second-order valence-electron chi connectivity index (χ2n) is 4.91. The summed E-state index contributed by atoms with van der Waals surface area (Å²) in [6.45, 7) is 4.33. The number of pyridine rings is 1. The van der Waals surface area contributed by atoms with Gasteiger partial charge in [-0.2, -0.15) is 0 Å². The summed E-state index contributed by atoms with van der Waals surface area (Å²) < 4.78 is 11.2. The lowest BCUT2D eigenvalue weighted by molar-refractivity contribution is 0.320. The van der Waals surface area contributed by atoms with Crippen molar-refractivity contribution in [1.82, 2.24) is 15.6 Å². The van der Waals surface area contributed by atoms with Crippen LogP contribution in [0.5, 0.6) is 11.6 Å². The fraction of sp³-hybridized carbons (Fsp3) is 0.333. The zero-order valence-corrected chi connectivity index (χ0v) is 16.9. The van der Waals surface area contributed by atoms with Gasteiger partial charge < -0.3 is 20.1 Å². The van der Waals surface area contributed by atoms with E-state index >= 15 is 0 Å². The summed E-state index contributed by atoms with van der Waals surface area (Å²) in [7, 11) is 1.74. The third-order valence-electron chi connectivity index (χ3n) is 3.21. The first-order valence-corrected chi connectivity index (χ1v) is 8.02. The van der Waals surface area contributed by atoms with Crippen LogP contribution in [0, 0.1) is 0 Å². The molecule has 0 aliphatic carbocycles. The highest BCUT2D eigenvalue weighted by Crippen LogP contribution is 2.13. The maximum atomic E-state index is 5.64. The summed E-state index contributed by atoms with van der Waals surface area (Å²) in [5, 5.41) is 6.46. The number of hydrogen-bond acceptors (Lipinski definition) is 4. The first-order valence-electron chi connectivity index (χ1n) is 8.02. The zero-order chi connectivity index (χ0) is 17.0. The Hall–Kier alpha value is -2.03. The van der Waals surface area contributed by atoms with Gasteiger partial charge in [-0.3, -0.25) is 4.99 Å². The van der Waals surface area contributed by atoms with E-state index in [0.717, 1.165) is 11.3 Å². The molecule has 0 saturated heterocycles. The molecule has 1 aromatic carbocycles. The minimum absolute atomic E-state index is 0. The molecule has 0 aliphatic heterocycles. The lowest BCUT2D eigenvalue weighted by Gasteiger charge is -2.14. The van der Waals surface area contributed by atoms with Gasteiger partial charge in [-0.15, -0.1) is 24.0 Å². The molecule has 25 heavy (non-hydrogen) atoms. The van der Waals surface area contributed by atoms with Crippen LogP contribution in [0.15, 0.2) is 53.7 Å². The first-order chi connectivity index (χ1) is 11.8. The smallest absolute Gasteiger partial charge is 0.218 e. The van der Waals surface area contributed by atoms with Crippen molar-refractivity contribution < 1.29 is 9.47 Å². The highest BCUT2D eigenvalue weighted by Gasteiger charge is 2.05. The van der Waals surface area contributed by atoms with Crippen molar-refractivity contribution in [2.75, 3.05) is 26.8 Å². The molecule has 2 aromatic rings. The molecule has 0 saturated carbocycles. The molecule has 0 bridgehead atoms. The van der Waals surface area contributed by atoms with Crippen molar-refractivity contribution in [3.63, 3.8) is 0 Å². The Labute approximate surface area is 166 Å². The summed E-state index contributed by atoms with van der Waals surface area (Å²) >= 11 is 0. The third kappa shape index (κ3) is 7.59. The Balaban J connectivity index is 0.00000312. The number of halogens is 1. The van der Waals surface area contributed by atoms with Crippen molar-refractivity contribution in [2.45, 2.75) is 13.5 Å². The Morgan fingerprint density at radius 1 is 1.08 bits per heavy atom. The molecular weight excluding hydrogens is 431 g/mol. The Kier molecular flexibility index (Phi) is 10.4. The van der Waals surface area contributed by atoms with Crippen molar-refractivity contribution in [3.05, 3.63) is 54.2 Å². The van der Waals surface area contributed by atoms with E-state index in [4.69, 9.17) is 9.47 Å². The molecule has 0 atom stereocenters. The molecule has 2 N–H and O–H groups in total. The van der Waals surface area contributed by atoms with Crippen LogP contribution in [0.25, 0.3) is 0 Å². The van der Waals surface area contributed by atoms with Crippen LogP contribution in [0.3, 0.4) is 0 Å². The van der Waals surface area contributed by atoms with E-state index in [9.17, 15) is 0 Å².